The van der Waals surface area contributed by atoms with E-state index in [0.29, 0.717) is 0 Å². The van der Waals surface area contributed by atoms with E-state index in [9.17, 15) is 0 Å². The topological polar surface area (TPSA) is 15.6 Å². The van der Waals surface area contributed by atoms with Crippen molar-refractivity contribution in [2.45, 2.75) is 6.54 Å². The molecular weight excluding hydrogens is 172 g/mol. The molecule has 0 amide bonds. The predicted octanol–water partition coefficient (Wildman–Crippen LogP) is 2.56. The summed E-state index contributed by atoms with van der Waals surface area (Å²) in [7, 11) is 0. The molecule has 0 fully saturated rings. The lowest BCUT2D eigenvalue weighted by atomic mass is 10.2. The van der Waals surface area contributed by atoms with E-state index < -0.39 is 0 Å². The molecule has 2 nitrogen and oxygen atoms in total. The van der Waals surface area contributed by atoms with Crippen molar-refractivity contribution in [3.63, 3.8) is 0 Å². The highest BCUT2D eigenvalue weighted by Crippen LogP contribution is 2.06. The van der Waals surface area contributed by atoms with Gasteiger partial charge in [-0.2, -0.15) is 0 Å². The number of allylic oxidation sites excluding steroid dienone is 1. The minimum atomic E-state index is 0.886. The lowest BCUT2D eigenvalue weighted by molar-refractivity contribution is 0.502. The molecule has 0 bridgehead atoms. The Kier molecular flexibility index (Phi) is 2.76. The van der Waals surface area contributed by atoms with Crippen LogP contribution in [0.5, 0.6) is 0 Å². The first kappa shape index (κ1) is 8.75. The Hall–Kier alpha value is -1.83. The highest BCUT2D eigenvalue weighted by Gasteiger charge is 1.96. The molecule has 2 rings (SSSR count). The first-order valence-electron chi connectivity index (χ1n) is 4.61. The van der Waals surface area contributed by atoms with E-state index >= 15 is 0 Å². The van der Waals surface area contributed by atoms with Gasteiger partial charge in [-0.3, -0.25) is 4.99 Å². The summed E-state index contributed by atoms with van der Waals surface area (Å²) in [4.78, 5) is 6.13. The number of rotatable bonds is 2. The zero-order valence-electron chi connectivity index (χ0n) is 7.88. The van der Waals surface area contributed by atoms with Crippen molar-refractivity contribution in [1.82, 2.24) is 4.90 Å². The fraction of sp³-hybridized carbons (Fsp3) is 0.0833. The van der Waals surface area contributed by atoms with Crippen LogP contribution >= 0.6 is 0 Å². The first-order chi connectivity index (χ1) is 6.95. The van der Waals surface area contributed by atoms with Gasteiger partial charge in [-0.05, 0) is 11.6 Å². The summed E-state index contributed by atoms with van der Waals surface area (Å²) in [6.07, 6.45) is 9.49. The maximum Gasteiger partial charge on any atom is 0.0470 e. The van der Waals surface area contributed by atoms with Gasteiger partial charge in [0.05, 0.1) is 0 Å². The predicted molar refractivity (Wildman–Crippen MR) is 58.8 cm³/mol. The van der Waals surface area contributed by atoms with Crippen LogP contribution in [0.2, 0.25) is 0 Å². The van der Waals surface area contributed by atoms with Crippen molar-refractivity contribution in [3.05, 3.63) is 60.6 Å². The SMILES string of the molecule is C1=CN(Cc2ccccc2)C=CN=C1. The summed E-state index contributed by atoms with van der Waals surface area (Å²) in [5.74, 6) is 0. The number of aliphatic imine (C=N–C) groups is 1. The van der Waals surface area contributed by atoms with Crippen molar-refractivity contribution < 1.29 is 0 Å². The fourth-order valence-electron chi connectivity index (χ4n) is 1.32. The van der Waals surface area contributed by atoms with Crippen molar-refractivity contribution in [2.24, 2.45) is 4.99 Å². The molecular formula is C12H12N2. The van der Waals surface area contributed by atoms with Crippen LogP contribution in [-0.2, 0) is 6.54 Å². The fourth-order valence-corrected chi connectivity index (χ4v) is 1.32. The quantitative estimate of drug-likeness (QED) is 0.689. The standard InChI is InChI=1S/C12H12N2/c1-2-5-12(6-3-1)11-14-9-4-7-13-8-10-14/h1-10H,11H2. The Bertz CT molecular complexity index is 347. The van der Waals surface area contributed by atoms with Crippen molar-refractivity contribution in [3.8, 4) is 0 Å². The van der Waals surface area contributed by atoms with Crippen LogP contribution < -0.4 is 0 Å². The average Bonchev–Trinajstić information content (AvgIpc) is 2.48. The molecule has 1 aliphatic heterocycles. The molecule has 1 aliphatic rings. The minimum Gasteiger partial charge on any atom is -0.348 e. The van der Waals surface area contributed by atoms with Crippen LogP contribution in [0, 0.1) is 0 Å². The van der Waals surface area contributed by atoms with E-state index in [1.807, 2.05) is 24.5 Å². The summed E-state index contributed by atoms with van der Waals surface area (Å²) in [6, 6.07) is 10.4. The van der Waals surface area contributed by atoms with E-state index in [2.05, 4.69) is 34.2 Å². The molecule has 0 aromatic heterocycles. The van der Waals surface area contributed by atoms with Gasteiger partial charge in [0.25, 0.3) is 0 Å². The van der Waals surface area contributed by atoms with E-state index in [1.165, 1.54) is 5.56 Å². The Morgan fingerprint density at radius 3 is 2.79 bits per heavy atom. The molecule has 2 heteroatoms. The van der Waals surface area contributed by atoms with Crippen molar-refractivity contribution in [1.29, 1.82) is 0 Å². The van der Waals surface area contributed by atoms with Crippen molar-refractivity contribution >= 4 is 6.21 Å². The molecule has 0 saturated carbocycles. The van der Waals surface area contributed by atoms with Crippen LogP contribution in [0.4, 0.5) is 0 Å². The van der Waals surface area contributed by atoms with Crippen LogP contribution in [0.3, 0.4) is 0 Å². The molecule has 0 atom stereocenters. The van der Waals surface area contributed by atoms with Gasteiger partial charge < -0.3 is 4.90 Å². The Balaban J connectivity index is 2.05. The third-order valence-electron chi connectivity index (χ3n) is 2.00. The molecule has 0 saturated heterocycles. The van der Waals surface area contributed by atoms with Gasteiger partial charge in [0.1, 0.15) is 0 Å². The molecule has 0 unspecified atom stereocenters. The molecule has 0 aliphatic carbocycles. The molecule has 0 spiro atoms. The Morgan fingerprint density at radius 1 is 1.07 bits per heavy atom. The average molecular weight is 184 g/mol. The van der Waals surface area contributed by atoms with E-state index in [1.54, 1.807) is 12.4 Å². The third kappa shape index (κ3) is 2.33. The molecule has 1 heterocycles. The lowest BCUT2D eigenvalue weighted by Crippen LogP contribution is -2.08. The molecule has 0 radical (unpaired) electrons. The molecule has 1 aromatic carbocycles. The number of hydrogen-bond acceptors (Lipinski definition) is 2. The summed E-state index contributed by atoms with van der Waals surface area (Å²) in [5, 5.41) is 0. The van der Waals surface area contributed by atoms with Crippen molar-refractivity contribution in [2.75, 3.05) is 0 Å². The molecule has 70 valence electrons. The monoisotopic (exact) mass is 184 g/mol. The van der Waals surface area contributed by atoms with Gasteiger partial charge in [0.2, 0.25) is 0 Å². The largest absolute Gasteiger partial charge is 0.348 e. The smallest absolute Gasteiger partial charge is 0.0470 e. The zero-order valence-corrected chi connectivity index (χ0v) is 7.88. The van der Waals surface area contributed by atoms with Gasteiger partial charge in [-0.1, -0.05) is 30.3 Å². The normalized spacial score (nSPS) is 14.4. The van der Waals surface area contributed by atoms with Crippen LogP contribution in [0.1, 0.15) is 5.56 Å². The zero-order chi connectivity index (χ0) is 9.64. The molecule has 0 N–H and O–H groups in total. The van der Waals surface area contributed by atoms with Crippen LogP contribution in [0.15, 0.2) is 60.0 Å². The highest BCUT2D eigenvalue weighted by atomic mass is 15.1. The van der Waals surface area contributed by atoms with Gasteiger partial charge in [-0.15, -0.1) is 0 Å². The molecule has 1 aromatic rings. The number of nitrogens with zero attached hydrogens (tertiary/aromatic N) is 2. The van der Waals surface area contributed by atoms with E-state index in [4.69, 9.17) is 0 Å². The maximum absolute atomic E-state index is 4.03. The second-order valence-electron chi connectivity index (χ2n) is 3.10. The maximum atomic E-state index is 4.03. The lowest BCUT2D eigenvalue weighted by Gasteiger charge is -2.13. The van der Waals surface area contributed by atoms with Gasteiger partial charge >= 0.3 is 0 Å². The Morgan fingerprint density at radius 2 is 1.93 bits per heavy atom. The second-order valence-corrected chi connectivity index (χ2v) is 3.10. The summed E-state index contributed by atoms with van der Waals surface area (Å²) in [6.45, 7) is 0.886. The van der Waals surface area contributed by atoms with Crippen LogP contribution in [-0.4, -0.2) is 11.1 Å². The highest BCUT2D eigenvalue weighted by molar-refractivity contribution is 5.71. The summed E-state index contributed by atoms with van der Waals surface area (Å²) in [5.41, 5.74) is 1.30. The summed E-state index contributed by atoms with van der Waals surface area (Å²) >= 11 is 0. The van der Waals surface area contributed by atoms with E-state index in [0.717, 1.165) is 6.54 Å². The van der Waals surface area contributed by atoms with Gasteiger partial charge in [0, 0.05) is 31.4 Å². The first-order valence-corrected chi connectivity index (χ1v) is 4.61. The van der Waals surface area contributed by atoms with Crippen LogP contribution in [0.25, 0.3) is 0 Å². The number of hydrogen-bond donors (Lipinski definition) is 0. The Labute approximate surface area is 83.9 Å². The van der Waals surface area contributed by atoms with Gasteiger partial charge in [0.15, 0.2) is 0 Å². The van der Waals surface area contributed by atoms with E-state index in [-0.39, 0.29) is 0 Å². The van der Waals surface area contributed by atoms with Gasteiger partial charge in [-0.25, -0.2) is 0 Å². The summed E-state index contributed by atoms with van der Waals surface area (Å²) < 4.78 is 0. The molecule has 14 heavy (non-hydrogen) atoms. The second kappa shape index (κ2) is 4.42. The number of benzene rings is 1. The third-order valence-corrected chi connectivity index (χ3v) is 2.00. The minimum absolute atomic E-state index is 0.886.